The van der Waals surface area contributed by atoms with Gasteiger partial charge >= 0.3 is 0 Å². The first-order valence-corrected chi connectivity index (χ1v) is 7.72. The van der Waals surface area contributed by atoms with Crippen molar-refractivity contribution in [1.82, 2.24) is 0 Å². The highest BCUT2D eigenvalue weighted by Crippen LogP contribution is 2.48. The van der Waals surface area contributed by atoms with E-state index in [9.17, 15) is 10.1 Å². The Morgan fingerprint density at radius 2 is 2.16 bits per heavy atom. The van der Waals surface area contributed by atoms with Gasteiger partial charge in [-0.2, -0.15) is 5.26 Å². The fourth-order valence-corrected chi connectivity index (χ4v) is 4.63. The smallest absolute Gasteiger partial charge is 0.228 e. The number of carbonyl (C=O) groups excluding carboxylic acids is 1. The first-order valence-electron chi connectivity index (χ1n) is 6.91. The molecule has 0 aromatic carbocycles. The zero-order valence-corrected chi connectivity index (χ0v) is 12.1. The summed E-state index contributed by atoms with van der Waals surface area (Å²) in [6.45, 7) is 3.94. The monoisotopic (exact) mass is 274 g/mol. The standard InChI is InChI=1S/C15H18N2OS/c1-8-9(2)19-15(13(8)7-16)17-14(18)12-6-10-3-4-11(12)5-10/h10-12H,3-6H2,1-2H3,(H,17,18)/t10-,11+,12-/m0/s1. The predicted molar refractivity (Wildman–Crippen MR) is 76.1 cm³/mol. The lowest BCUT2D eigenvalue weighted by molar-refractivity contribution is -0.121. The van der Waals surface area contributed by atoms with E-state index in [0.29, 0.717) is 11.5 Å². The lowest BCUT2D eigenvalue weighted by Gasteiger charge is -2.20. The zero-order valence-electron chi connectivity index (χ0n) is 11.3. The maximum Gasteiger partial charge on any atom is 0.228 e. The molecule has 3 atom stereocenters. The Morgan fingerprint density at radius 3 is 2.74 bits per heavy atom. The normalized spacial score (nSPS) is 28.4. The molecule has 0 radical (unpaired) electrons. The second kappa shape index (κ2) is 4.64. The van der Waals surface area contributed by atoms with Gasteiger partial charge in [-0.25, -0.2) is 0 Å². The van der Waals surface area contributed by atoms with Crippen molar-refractivity contribution in [3.63, 3.8) is 0 Å². The summed E-state index contributed by atoms with van der Waals surface area (Å²) in [6, 6.07) is 2.21. The fourth-order valence-electron chi connectivity index (χ4n) is 3.62. The van der Waals surface area contributed by atoms with Gasteiger partial charge in [0, 0.05) is 10.8 Å². The Labute approximate surface area is 117 Å². The number of nitriles is 1. The van der Waals surface area contributed by atoms with Crippen LogP contribution in [-0.4, -0.2) is 5.91 Å². The second-order valence-electron chi connectivity index (χ2n) is 5.87. The molecule has 2 aliphatic rings. The van der Waals surface area contributed by atoms with Crippen LogP contribution >= 0.6 is 11.3 Å². The van der Waals surface area contributed by atoms with Gasteiger partial charge in [0.25, 0.3) is 0 Å². The number of thiophene rings is 1. The zero-order chi connectivity index (χ0) is 13.6. The number of amides is 1. The molecule has 1 amide bonds. The molecule has 0 spiro atoms. The summed E-state index contributed by atoms with van der Waals surface area (Å²) in [5.41, 5.74) is 1.63. The molecule has 3 rings (SSSR count). The van der Waals surface area contributed by atoms with E-state index in [-0.39, 0.29) is 11.8 Å². The number of rotatable bonds is 2. The van der Waals surface area contributed by atoms with Crippen LogP contribution in [0.25, 0.3) is 0 Å². The Morgan fingerprint density at radius 1 is 1.37 bits per heavy atom. The van der Waals surface area contributed by atoms with Crippen molar-refractivity contribution in [2.75, 3.05) is 5.32 Å². The maximum absolute atomic E-state index is 12.4. The summed E-state index contributed by atoms with van der Waals surface area (Å²) >= 11 is 1.52. The van der Waals surface area contributed by atoms with Crippen molar-refractivity contribution in [3.8, 4) is 6.07 Å². The van der Waals surface area contributed by atoms with E-state index >= 15 is 0 Å². The van der Waals surface area contributed by atoms with Crippen LogP contribution in [0.3, 0.4) is 0 Å². The number of nitrogens with one attached hydrogen (secondary N) is 1. The highest BCUT2D eigenvalue weighted by Gasteiger charge is 2.43. The lowest BCUT2D eigenvalue weighted by Crippen LogP contribution is -2.27. The van der Waals surface area contributed by atoms with Crippen LogP contribution in [-0.2, 0) is 4.79 Å². The minimum absolute atomic E-state index is 0.130. The molecule has 2 bridgehead atoms. The van der Waals surface area contributed by atoms with Crippen LogP contribution in [0.5, 0.6) is 0 Å². The number of fused-ring (bicyclic) bond motifs is 2. The van der Waals surface area contributed by atoms with Crippen LogP contribution in [0.4, 0.5) is 5.00 Å². The minimum atomic E-state index is 0.130. The third kappa shape index (κ3) is 2.06. The van der Waals surface area contributed by atoms with Crippen LogP contribution in [0.1, 0.15) is 41.7 Å². The topological polar surface area (TPSA) is 52.9 Å². The number of hydrogen-bond donors (Lipinski definition) is 1. The van der Waals surface area contributed by atoms with Crippen molar-refractivity contribution < 1.29 is 4.79 Å². The Balaban J connectivity index is 1.77. The van der Waals surface area contributed by atoms with E-state index in [1.54, 1.807) is 0 Å². The number of aryl methyl sites for hydroxylation is 1. The molecule has 4 heteroatoms. The minimum Gasteiger partial charge on any atom is -0.316 e. The van der Waals surface area contributed by atoms with Gasteiger partial charge in [0.15, 0.2) is 0 Å². The molecular formula is C15H18N2OS. The van der Waals surface area contributed by atoms with Gasteiger partial charge in [0.05, 0.1) is 5.56 Å². The molecule has 2 fully saturated rings. The summed E-state index contributed by atoms with van der Waals surface area (Å²) in [5.74, 6) is 1.65. The first kappa shape index (κ1) is 12.7. The molecule has 100 valence electrons. The molecular weight excluding hydrogens is 256 g/mol. The molecule has 0 aliphatic heterocycles. The van der Waals surface area contributed by atoms with Crippen LogP contribution in [0.2, 0.25) is 0 Å². The Kier molecular flexibility index (Phi) is 3.10. The second-order valence-corrected chi connectivity index (χ2v) is 7.09. The molecule has 1 N–H and O–H groups in total. The SMILES string of the molecule is Cc1sc(NC(=O)[C@H]2C[C@H]3CC[C@@H]2C3)c(C#N)c1C. The maximum atomic E-state index is 12.4. The molecule has 1 aromatic heterocycles. The van der Waals surface area contributed by atoms with Crippen LogP contribution in [0, 0.1) is 42.9 Å². The van der Waals surface area contributed by atoms with Crippen LogP contribution in [0.15, 0.2) is 0 Å². The lowest BCUT2D eigenvalue weighted by atomic mass is 9.88. The molecule has 0 unspecified atom stereocenters. The highest BCUT2D eigenvalue weighted by atomic mass is 32.1. The summed E-state index contributed by atoms with van der Waals surface area (Å²) in [5, 5.41) is 12.9. The van der Waals surface area contributed by atoms with E-state index < -0.39 is 0 Å². The van der Waals surface area contributed by atoms with Gasteiger partial charge < -0.3 is 5.32 Å². The van der Waals surface area contributed by atoms with Crippen LogP contribution < -0.4 is 5.32 Å². The molecule has 2 saturated carbocycles. The molecule has 1 aromatic rings. The average Bonchev–Trinajstić information content (AvgIpc) is 3.06. The van der Waals surface area contributed by atoms with E-state index in [2.05, 4.69) is 11.4 Å². The molecule has 0 saturated heterocycles. The van der Waals surface area contributed by atoms with Crippen molar-refractivity contribution in [1.29, 1.82) is 5.26 Å². The van der Waals surface area contributed by atoms with Gasteiger partial charge in [-0.15, -0.1) is 11.3 Å². The van der Waals surface area contributed by atoms with Gasteiger partial charge in [-0.1, -0.05) is 6.42 Å². The molecule has 19 heavy (non-hydrogen) atoms. The van der Waals surface area contributed by atoms with Crippen molar-refractivity contribution in [2.45, 2.75) is 39.5 Å². The van der Waals surface area contributed by atoms with Crippen molar-refractivity contribution in [3.05, 3.63) is 16.0 Å². The number of hydrogen-bond acceptors (Lipinski definition) is 3. The van der Waals surface area contributed by atoms with Crippen molar-refractivity contribution >= 4 is 22.2 Å². The van der Waals surface area contributed by atoms with E-state index in [1.807, 2.05) is 13.8 Å². The summed E-state index contributed by atoms with van der Waals surface area (Å²) in [7, 11) is 0. The van der Waals surface area contributed by atoms with Gasteiger partial charge in [0.2, 0.25) is 5.91 Å². The number of anilines is 1. The van der Waals surface area contributed by atoms with Gasteiger partial charge in [-0.05, 0) is 50.5 Å². The largest absolute Gasteiger partial charge is 0.316 e. The third-order valence-electron chi connectivity index (χ3n) is 4.81. The molecule has 1 heterocycles. The number of carbonyl (C=O) groups is 1. The van der Waals surface area contributed by atoms with E-state index in [4.69, 9.17) is 0 Å². The Bertz CT molecular complexity index is 569. The first-order chi connectivity index (χ1) is 9.10. The van der Waals surface area contributed by atoms with Crippen molar-refractivity contribution in [2.24, 2.45) is 17.8 Å². The summed E-state index contributed by atoms with van der Waals surface area (Å²) in [4.78, 5) is 13.5. The molecule has 2 aliphatic carbocycles. The average molecular weight is 274 g/mol. The quantitative estimate of drug-likeness (QED) is 0.895. The fraction of sp³-hybridized carbons (Fsp3) is 0.600. The molecule has 3 nitrogen and oxygen atoms in total. The summed E-state index contributed by atoms with van der Waals surface area (Å²) < 4.78 is 0. The van der Waals surface area contributed by atoms with Gasteiger partial charge in [-0.3, -0.25) is 4.79 Å². The Hall–Kier alpha value is -1.34. The van der Waals surface area contributed by atoms with E-state index in [0.717, 1.165) is 27.8 Å². The van der Waals surface area contributed by atoms with Gasteiger partial charge in [0.1, 0.15) is 11.1 Å². The summed E-state index contributed by atoms with van der Waals surface area (Å²) in [6.07, 6.45) is 4.78. The third-order valence-corrected chi connectivity index (χ3v) is 5.93. The number of nitrogens with zero attached hydrogens (tertiary/aromatic N) is 1. The highest BCUT2D eigenvalue weighted by molar-refractivity contribution is 7.16. The van der Waals surface area contributed by atoms with E-state index in [1.165, 1.54) is 30.6 Å². The predicted octanol–water partition coefficient (Wildman–Crippen LogP) is 3.61.